The average Bonchev–Trinajstić information content (AvgIpc) is 2.24. The first-order valence-corrected chi connectivity index (χ1v) is 7.71. The van der Waals surface area contributed by atoms with Crippen LogP contribution in [0, 0.1) is 11.2 Å². The Kier molecular flexibility index (Phi) is 5.12. The molecule has 0 amide bonds. The summed E-state index contributed by atoms with van der Waals surface area (Å²) in [5.41, 5.74) is 5.33. The summed E-state index contributed by atoms with van der Waals surface area (Å²) in [7, 11) is -0.0506. The second-order valence-corrected chi connectivity index (χ2v) is 7.65. The molecule has 1 aromatic carbocycles. The van der Waals surface area contributed by atoms with E-state index in [1.165, 1.54) is 12.1 Å². The first-order chi connectivity index (χ1) is 9.03. The number of rotatable bonds is 6. The molecule has 0 fully saturated rings. The number of nitrogens with zero attached hydrogens (tertiary/aromatic N) is 1. The summed E-state index contributed by atoms with van der Waals surface area (Å²) in [5.74, 6) is -0.845. The van der Waals surface area contributed by atoms with Crippen LogP contribution in [0.3, 0.4) is 0 Å². The maximum absolute atomic E-state index is 13.7. The van der Waals surface area contributed by atoms with E-state index in [9.17, 15) is 12.8 Å². The van der Waals surface area contributed by atoms with Crippen LogP contribution >= 0.6 is 0 Å². The maximum atomic E-state index is 13.7. The van der Waals surface area contributed by atoms with Gasteiger partial charge in [0.2, 0.25) is 10.0 Å². The van der Waals surface area contributed by atoms with Crippen molar-refractivity contribution in [3.63, 3.8) is 0 Å². The second kappa shape index (κ2) is 6.07. The van der Waals surface area contributed by atoms with Crippen LogP contribution in [0.5, 0.6) is 0 Å². The molecular weight excluding hydrogens is 281 g/mol. The fourth-order valence-electron chi connectivity index (χ4n) is 2.02. The molecule has 0 saturated heterocycles. The fourth-order valence-corrected chi connectivity index (χ4v) is 3.31. The lowest BCUT2D eigenvalue weighted by Crippen LogP contribution is -2.40. The molecule has 0 heterocycles. The lowest BCUT2D eigenvalue weighted by Gasteiger charge is -2.28. The molecule has 0 aliphatic carbocycles. The van der Waals surface area contributed by atoms with Crippen LogP contribution < -0.4 is 10.5 Å². The maximum Gasteiger partial charge on any atom is 0.243 e. The SMILES string of the molecule is CN(C)CC(C)(C)CNS(=O)(=O)c1ccc(N)cc1F. The van der Waals surface area contributed by atoms with Crippen LogP contribution in [-0.2, 0) is 10.0 Å². The molecule has 0 radical (unpaired) electrons. The molecule has 1 aromatic rings. The van der Waals surface area contributed by atoms with Gasteiger partial charge in [0.1, 0.15) is 10.7 Å². The number of nitrogens with one attached hydrogen (secondary N) is 1. The van der Waals surface area contributed by atoms with E-state index < -0.39 is 15.8 Å². The van der Waals surface area contributed by atoms with Crippen molar-refractivity contribution in [2.75, 3.05) is 32.9 Å². The van der Waals surface area contributed by atoms with Crippen molar-refractivity contribution >= 4 is 15.7 Å². The molecule has 114 valence electrons. The number of hydrogen-bond donors (Lipinski definition) is 2. The summed E-state index contributed by atoms with van der Waals surface area (Å²) in [6.45, 7) is 4.81. The van der Waals surface area contributed by atoms with Crippen LogP contribution in [0.25, 0.3) is 0 Å². The van der Waals surface area contributed by atoms with Gasteiger partial charge in [0.15, 0.2) is 0 Å². The van der Waals surface area contributed by atoms with Gasteiger partial charge in [-0.1, -0.05) is 13.8 Å². The van der Waals surface area contributed by atoms with E-state index in [-0.39, 0.29) is 22.5 Å². The quantitative estimate of drug-likeness (QED) is 0.776. The molecule has 1 rings (SSSR count). The predicted octanol–water partition coefficient (Wildman–Crippen LogP) is 1.27. The Morgan fingerprint density at radius 2 is 1.95 bits per heavy atom. The topological polar surface area (TPSA) is 75.4 Å². The number of hydrogen-bond acceptors (Lipinski definition) is 4. The molecule has 0 aliphatic heterocycles. The molecule has 20 heavy (non-hydrogen) atoms. The number of sulfonamides is 1. The Balaban J connectivity index is 2.85. The third kappa shape index (κ3) is 4.73. The Morgan fingerprint density at radius 3 is 2.45 bits per heavy atom. The summed E-state index contributed by atoms with van der Waals surface area (Å²) in [6.07, 6.45) is 0. The minimum Gasteiger partial charge on any atom is -0.399 e. The van der Waals surface area contributed by atoms with Crippen molar-refractivity contribution < 1.29 is 12.8 Å². The molecule has 0 spiro atoms. The zero-order valence-corrected chi connectivity index (χ0v) is 13.1. The summed E-state index contributed by atoms with van der Waals surface area (Å²) in [6, 6.07) is 3.54. The van der Waals surface area contributed by atoms with Crippen molar-refractivity contribution in [3.8, 4) is 0 Å². The third-order valence-electron chi connectivity index (χ3n) is 2.73. The van der Waals surface area contributed by atoms with Gasteiger partial charge in [-0.2, -0.15) is 0 Å². The van der Waals surface area contributed by atoms with E-state index in [0.717, 1.165) is 6.07 Å². The van der Waals surface area contributed by atoms with Gasteiger partial charge in [-0.3, -0.25) is 0 Å². The van der Waals surface area contributed by atoms with Crippen molar-refractivity contribution in [2.45, 2.75) is 18.7 Å². The first kappa shape index (κ1) is 16.9. The number of benzene rings is 1. The normalized spacial score (nSPS) is 12.9. The van der Waals surface area contributed by atoms with Crippen molar-refractivity contribution in [2.24, 2.45) is 5.41 Å². The highest BCUT2D eigenvalue weighted by molar-refractivity contribution is 7.89. The van der Waals surface area contributed by atoms with Gasteiger partial charge in [-0.05, 0) is 37.7 Å². The smallest absolute Gasteiger partial charge is 0.243 e. The highest BCUT2D eigenvalue weighted by atomic mass is 32.2. The molecule has 0 aliphatic rings. The summed E-state index contributed by atoms with van der Waals surface area (Å²) < 4.78 is 40.3. The summed E-state index contributed by atoms with van der Waals surface area (Å²) in [5, 5.41) is 0. The highest BCUT2D eigenvalue weighted by Gasteiger charge is 2.24. The molecule has 0 atom stereocenters. The van der Waals surface area contributed by atoms with Gasteiger partial charge < -0.3 is 10.6 Å². The molecule has 5 nitrogen and oxygen atoms in total. The van der Waals surface area contributed by atoms with Crippen LogP contribution in [0.4, 0.5) is 10.1 Å². The van der Waals surface area contributed by atoms with Crippen molar-refractivity contribution in [3.05, 3.63) is 24.0 Å². The number of nitrogen functional groups attached to an aromatic ring is 1. The molecule has 0 aromatic heterocycles. The van der Waals surface area contributed by atoms with E-state index in [0.29, 0.717) is 6.54 Å². The zero-order valence-electron chi connectivity index (χ0n) is 12.3. The average molecular weight is 303 g/mol. The van der Waals surface area contributed by atoms with E-state index in [4.69, 9.17) is 5.73 Å². The van der Waals surface area contributed by atoms with E-state index >= 15 is 0 Å². The standard InChI is InChI=1S/C13H22FN3O2S/c1-13(2,9-17(3)4)8-16-20(18,19)12-6-5-10(15)7-11(12)14/h5-7,16H,8-9,15H2,1-4H3. The number of halogens is 1. The van der Waals surface area contributed by atoms with Gasteiger partial charge in [0, 0.05) is 18.8 Å². The van der Waals surface area contributed by atoms with E-state index in [1.54, 1.807) is 0 Å². The Morgan fingerprint density at radius 1 is 1.35 bits per heavy atom. The van der Waals surface area contributed by atoms with E-state index in [2.05, 4.69) is 4.72 Å². The lowest BCUT2D eigenvalue weighted by molar-refractivity contribution is 0.242. The van der Waals surface area contributed by atoms with Gasteiger partial charge in [-0.25, -0.2) is 17.5 Å². The zero-order chi connectivity index (χ0) is 15.6. The minimum atomic E-state index is -3.88. The van der Waals surface area contributed by atoms with Crippen LogP contribution in [-0.4, -0.2) is 40.5 Å². The summed E-state index contributed by atoms with van der Waals surface area (Å²) >= 11 is 0. The van der Waals surface area contributed by atoms with Crippen LogP contribution in [0.2, 0.25) is 0 Å². The lowest BCUT2D eigenvalue weighted by atomic mass is 9.93. The van der Waals surface area contributed by atoms with Crippen molar-refractivity contribution in [1.29, 1.82) is 0 Å². The van der Waals surface area contributed by atoms with Gasteiger partial charge in [-0.15, -0.1) is 0 Å². The number of anilines is 1. The molecule has 0 saturated carbocycles. The van der Waals surface area contributed by atoms with Crippen molar-refractivity contribution in [1.82, 2.24) is 9.62 Å². The molecule has 0 unspecified atom stereocenters. The Hall–Kier alpha value is -1.18. The molecule has 0 bridgehead atoms. The van der Waals surface area contributed by atoms with Crippen LogP contribution in [0.15, 0.2) is 23.1 Å². The highest BCUT2D eigenvalue weighted by Crippen LogP contribution is 2.19. The first-order valence-electron chi connectivity index (χ1n) is 6.23. The van der Waals surface area contributed by atoms with Gasteiger partial charge in [0.25, 0.3) is 0 Å². The molecule has 3 N–H and O–H groups in total. The summed E-state index contributed by atoms with van der Waals surface area (Å²) in [4.78, 5) is 1.59. The largest absolute Gasteiger partial charge is 0.399 e. The van der Waals surface area contributed by atoms with Crippen LogP contribution in [0.1, 0.15) is 13.8 Å². The Bertz CT molecular complexity index is 571. The monoisotopic (exact) mass is 303 g/mol. The predicted molar refractivity (Wildman–Crippen MR) is 78.3 cm³/mol. The van der Waals surface area contributed by atoms with Gasteiger partial charge in [0.05, 0.1) is 0 Å². The number of nitrogens with two attached hydrogens (primary N) is 1. The Labute approximate surface area is 120 Å². The van der Waals surface area contributed by atoms with E-state index in [1.807, 2.05) is 32.8 Å². The third-order valence-corrected chi connectivity index (χ3v) is 4.16. The fraction of sp³-hybridized carbons (Fsp3) is 0.538. The van der Waals surface area contributed by atoms with Gasteiger partial charge >= 0.3 is 0 Å². The minimum absolute atomic E-state index is 0.189. The second-order valence-electron chi connectivity index (χ2n) is 5.92. The molecule has 7 heteroatoms. The molecular formula is C13H22FN3O2S.